The molecule has 13 nitrogen and oxygen atoms in total. The molecule has 1 aromatic heterocycles. The van der Waals surface area contributed by atoms with Crippen molar-refractivity contribution in [2.24, 2.45) is 20.0 Å². The number of nitrogens with zero attached hydrogens (tertiary/aromatic N) is 3. The van der Waals surface area contributed by atoms with Crippen LogP contribution in [0.4, 0.5) is 22.9 Å². The van der Waals surface area contributed by atoms with Crippen molar-refractivity contribution in [3.63, 3.8) is 0 Å². The van der Waals surface area contributed by atoms with Gasteiger partial charge in [-0.2, -0.15) is 5.26 Å². The minimum absolute atomic E-state index is 0.0621. The summed E-state index contributed by atoms with van der Waals surface area (Å²) < 4.78 is 2.42. The van der Waals surface area contributed by atoms with Gasteiger partial charge < -0.3 is 31.8 Å². The first-order chi connectivity index (χ1) is 22.0. The zero-order valence-corrected chi connectivity index (χ0v) is 25.9. The lowest BCUT2D eigenvalue weighted by atomic mass is 9.86. The van der Waals surface area contributed by atoms with Crippen LogP contribution >= 0.6 is 0 Å². The third-order valence-corrected chi connectivity index (χ3v) is 8.82. The number of nitriles is 1. The first-order valence-electron chi connectivity index (χ1n) is 14.9. The molecular weight excluding hydrogens is 586 g/mol. The Kier molecular flexibility index (Phi) is 7.67. The van der Waals surface area contributed by atoms with Gasteiger partial charge in [-0.05, 0) is 50.4 Å². The van der Waals surface area contributed by atoms with Crippen LogP contribution in [-0.2, 0) is 14.1 Å². The molecule has 236 valence electrons. The molecule has 0 fully saturated rings. The summed E-state index contributed by atoms with van der Waals surface area (Å²) >= 11 is 0. The third-order valence-electron chi connectivity index (χ3n) is 8.82. The summed E-state index contributed by atoms with van der Waals surface area (Å²) in [5.74, 6) is -0.856. The predicted molar refractivity (Wildman–Crippen MR) is 178 cm³/mol. The molecule has 46 heavy (non-hydrogen) atoms. The molecule has 6 rings (SSSR count). The summed E-state index contributed by atoms with van der Waals surface area (Å²) in [5, 5.41) is 36.1. The van der Waals surface area contributed by atoms with Crippen molar-refractivity contribution >= 4 is 39.6 Å². The number of hydrazine groups is 1. The molecule has 0 saturated carbocycles. The van der Waals surface area contributed by atoms with Crippen LogP contribution in [0.3, 0.4) is 0 Å². The lowest BCUT2D eigenvalue weighted by molar-refractivity contribution is 0.102. The quantitative estimate of drug-likeness (QED) is 0.125. The molecule has 0 bridgehead atoms. The lowest BCUT2D eigenvalue weighted by Crippen LogP contribution is -2.50. The van der Waals surface area contributed by atoms with Gasteiger partial charge in [-0.15, -0.1) is 0 Å². The van der Waals surface area contributed by atoms with Gasteiger partial charge in [-0.25, -0.2) is 4.79 Å². The number of rotatable bonds is 6. The van der Waals surface area contributed by atoms with E-state index in [1.165, 1.54) is 11.6 Å². The van der Waals surface area contributed by atoms with Crippen LogP contribution in [0, 0.1) is 17.2 Å². The molecule has 3 unspecified atom stereocenters. The van der Waals surface area contributed by atoms with Crippen molar-refractivity contribution in [1.29, 1.82) is 5.26 Å². The maximum Gasteiger partial charge on any atom is 0.332 e. The Hall–Kier alpha value is -5.74. The average molecular weight is 622 g/mol. The van der Waals surface area contributed by atoms with E-state index < -0.39 is 28.7 Å². The van der Waals surface area contributed by atoms with Gasteiger partial charge in [0.05, 0.1) is 22.9 Å². The number of benzene rings is 3. The molecule has 3 heterocycles. The summed E-state index contributed by atoms with van der Waals surface area (Å²) in [6.07, 6.45) is 0.532. The number of fused-ring (bicyclic) bond motifs is 2. The third kappa shape index (κ3) is 5.08. The van der Waals surface area contributed by atoms with Crippen LogP contribution in [0.1, 0.15) is 30.6 Å². The summed E-state index contributed by atoms with van der Waals surface area (Å²) in [4.78, 5) is 39.1. The molecule has 13 heteroatoms. The molecule has 4 aromatic rings. The van der Waals surface area contributed by atoms with Gasteiger partial charge in [0.2, 0.25) is 0 Å². The summed E-state index contributed by atoms with van der Waals surface area (Å²) in [6.45, 7) is 4.31. The van der Waals surface area contributed by atoms with E-state index in [0.717, 1.165) is 4.57 Å². The number of phenolic OH excluding ortho intramolecular Hbond substituents is 1. The van der Waals surface area contributed by atoms with E-state index in [-0.39, 0.29) is 28.7 Å². The fourth-order valence-electron chi connectivity index (χ4n) is 6.30. The largest absolute Gasteiger partial charge is 0.505 e. The van der Waals surface area contributed by atoms with Gasteiger partial charge in [-0.1, -0.05) is 42.5 Å². The van der Waals surface area contributed by atoms with Crippen molar-refractivity contribution in [1.82, 2.24) is 19.9 Å². The smallest absolute Gasteiger partial charge is 0.332 e. The van der Waals surface area contributed by atoms with Crippen LogP contribution in [0.15, 0.2) is 81.5 Å². The Morgan fingerprint density at radius 2 is 1.76 bits per heavy atom. The molecule has 3 aromatic carbocycles. The van der Waals surface area contributed by atoms with E-state index in [9.17, 15) is 24.8 Å². The number of aromatic hydroxyl groups is 1. The van der Waals surface area contributed by atoms with Crippen LogP contribution in [0.25, 0.3) is 10.8 Å². The maximum atomic E-state index is 13.4. The maximum absolute atomic E-state index is 13.4. The van der Waals surface area contributed by atoms with E-state index in [0.29, 0.717) is 46.5 Å². The number of anilines is 4. The highest BCUT2D eigenvalue weighted by Gasteiger charge is 2.45. The number of phenols is 1. The Morgan fingerprint density at radius 3 is 2.50 bits per heavy atom. The number of carbonyl (C=O) groups excluding carboxylic acids is 1. The Bertz CT molecular complexity index is 2060. The molecule has 0 aliphatic carbocycles. The van der Waals surface area contributed by atoms with Crippen molar-refractivity contribution in [2.75, 3.05) is 27.9 Å². The highest BCUT2D eigenvalue weighted by atomic mass is 16.3. The number of aromatic nitrogens is 2. The fraction of sp³-hybridized carbons (Fsp3) is 0.273. The highest BCUT2D eigenvalue weighted by Crippen LogP contribution is 2.41. The summed E-state index contributed by atoms with van der Waals surface area (Å²) in [5.41, 5.74) is 6.52. The number of hydrogen-bond acceptors (Lipinski definition) is 10. The van der Waals surface area contributed by atoms with Gasteiger partial charge in [0, 0.05) is 37.1 Å². The highest BCUT2D eigenvalue weighted by molar-refractivity contribution is 6.12. The number of carbonyl (C=O) groups is 1. The molecule has 2 aliphatic heterocycles. The minimum atomic E-state index is -1.00. The Labute approximate surface area is 264 Å². The summed E-state index contributed by atoms with van der Waals surface area (Å²) in [7, 11) is 3.01. The topological polar surface area (TPSA) is 177 Å². The molecule has 3 atom stereocenters. The SMILES string of the molecule is CC1NCCC(C2(C)Nc3c(n(C)c(=O)n(C)c3=O)N2)C(NNc2c(O)c(C(=O)Nc3ccccc3)cc3ccccc23)=C1C#N. The molecular formula is C33H35N9O4. The molecule has 0 spiro atoms. The Morgan fingerprint density at radius 1 is 1.04 bits per heavy atom. The normalized spacial score (nSPS) is 20.6. The average Bonchev–Trinajstić information content (AvgIpc) is 3.33. The van der Waals surface area contributed by atoms with Crippen molar-refractivity contribution in [3.05, 3.63) is 98.3 Å². The van der Waals surface area contributed by atoms with E-state index >= 15 is 0 Å². The molecule has 2 aliphatic rings. The molecule has 0 radical (unpaired) electrons. The van der Waals surface area contributed by atoms with Crippen LogP contribution in [-0.4, -0.2) is 38.4 Å². The zero-order valence-electron chi connectivity index (χ0n) is 25.9. The number of para-hydroxylation sites is 1. The van der Waals surface area contributed by atoms with E-state index in [1.54, 1.807) is 37.4 Å². The van der Waals surface area contributed by atoms with Gasteiger partial charge >= 0.3 is 5.69 Å². The van der Waals surface area contributed by atoms with E-state index in [4.69, 9.17) is 0 Å². The standard InChI is InChI=1S/C33H35N9O4/c1-18-23(17-34)25(24(14-15-35-18)33(2)37-27-29(38-33)41(3)32(46)42(4)31(27)45)39-40-26-21-13-9-8-10-19(21)16-22(28(26)43)30(44)36-20-11-6-5-7-12-20/h5-13,16,18,24,35,37-40,43H,14-15H2,1-4H3,(H,36,44). The number of nitrogens with one attached hydrogen (secondary N) is 6. The van der Waals surface area contributed by atoms with E-state index in [2.05, 4.69) is 38.2 Å². The molecule has 1 amide bonds. The van der Waals surface area contributed by atoms with Gasteiger partial charge in [0.1, 0.15) is 22.9 Å². The second-order valence-corrected chi connectivity index (χ2v) is 11.8. The van der Waals surface area contributed by atoms with Crippen molar-refractivity contribution in [3.8, 4) is 11.8 Å². The predicted octanol–water partition coefficient (Wildman–Crippen LogP) is 3.14. The number of hydrogen-bond donors (Lipinski definition) is 7. The fourth-order valence-corrected chi connectivity index (χ4v) is 6.30. The van der Waals surface area contributed by atoms with Crippen LogP contribution in [0.2, 0.25) is 0 Å². The van der Waals surface area contributed by atoms with E-state index in [1.807, 2.05) is 44.2 Å². The molecule has 0 saturated heterocycles. The van der Waals surface area contributed by atoms with Gasteiger partial charge in [-0.3, -0.25) is 24.1 Å². The Balaban J connectivity index is 1.40. The van der Waals surface area contributed by atoms with Crippen LogP contribution in [0.5, 0.6) is 5.75 Å². The second-order valence-electron chi connectivity index (χ2n) is 11.8. The first-order valence-corrected chi connectivity index (χ1v) is 14.9. The minimum Gasteiger partial charge on any atom is -0.505 e. The zero-order chi connectivity index (χ0) is 32.7. The molecule has 7 N–H and O–H groups in total. The van der Waals surface area contributed by atoms with Gasteiger partial charge in [0.15, 0.2) is 5.75 Å². The lowest BCUT2D eigenvalue weighted by Gasteiger charge is -2.37. The number of amides is 1. The first kappa shape index (κ1) is 30.3. The van der Waals surface area contributed by atoms with Gasteiger partial charge in [0.25, 0.3) is 11.5 Å². The summed E-state index contributed by atoms with van der Waals surface area (Å²) in [6, 6.07) is 19.9. The van der Waals surface area contributed by atoms with Crippen LogP contribution < -0.4 is 43.4 Å². The van der Waals surface area contributed by atoms with Crippen molar-refractivity contribution in [2.45, 2.75) is 32.0 Å². The van der Waals surface area contributed by atoms with Crippen molar-refractivity contribution < 1.29 is 9.90 Å². The monoisotopic (exact) mass is 621 g/mol. The second kappa shape index (κ2) is 11.6.